The summed E-state index contributed by atoms with van der Waals surface area (Å²) in [6, 6.07) is 7.19. The van der Waals surface area contributed by atoms with Crippen molar-refractivity contribution in [2.24, 2.45) is 5.41 Å². The summed E-state index contributed by atoms with van der Waals surface area (Å²) in [5.41, 5.74) is 11.2. The first-order chi connectivity index (χ1) is 18.0. The number of likely N-dealkylation sites (tertiary alicyclic amines) is 1. The summed E-state index contributed by atoms with van der Waals surface area (Å²) in [5.74, 6) is 0.129. The van der Waals surface area contributed by atoms with Gasteiger partial charge in [0, 0.05) is 54.3 Å². The van der Waals surface area contributed by atoms with Gasteiger partial charge in [-0.25, -0.2) is 4.98 Å². The first-order valence-electron chi connectivity index (χ1n) is 13.8. The topological polar surface area (TPSA) is 125 Å². The third kappa shape index (κ3) is 6.53. The lowest BCUT2D eigenvalue weighted by Gasteiger charge is -2.43. The Hall–Kier alpha value is -2.97. The van der Waals surface area contributed by atoms with Crippen molar-refractivity contribution in [3.8, 4) is 0 Å². The minimum absolute atomic E-state index is 0.0258. The molecule has 4 rings (SSSR count). The Kier molecular flexibility index (Phi) is 8.73. The Bertz CT molecular complexity index is 1170. The number of carboxylic acids is 1. The van der Waals surface area contributed by atoms with Gasteiger partial charge in [0.2, 0.25) is 0 Å². The van der Waals surface area contributed by atoms with Crippen LogP contribution >= 0.6 is 0 Å². The lowest BCUT2D eigenvalue weighted by Crippen LogP contribution is -2.55. The maximum Gasteiger partial charge on any atom is 0.325 e. The number of nitrogens with one attached hydrogen (secondary N) is 2. The fourth-order valence-corrected chi connectivity index (χ4v) is 5.34. The molecule has 1 saturated heterocycles. The average molecular weight is 522 g/mol. The monoisotopic (exact) mass is 521 g/mol. The molecular formula is C30H43N5O3. The fourth-order valence-electron chi connectivity index (χ4n) is 5.34. The van der Waals surface area contributed by atoms with Crippen LogP contribution in [0.1, 0.15) is 80.4 Å². The van der Waals surface area contributed by atoms with E-state index in [1.54, 1.807) is 0 Å². The molecule has 206 valence electrons. The molecule has 1 aromatic carbocycles. The van der Waals surface area contributed by atoms with Gasteiger partial charge in [-0.2, -0.15) is 0 Å². The van der Waals surface area contributed by atoms with Crippen LogP contribution in [0.15, 0.2) is 24.3 Å². The quantitative estimate of drug-likeness (QED) is 0.187. The second-order valence-electron chi connectivity index (χ2n) is 11.8. The van der Waals surface area contributed by atoms with Crippen molar-refractivity contribution < 1.29 is 14.6 Å². The van der Waals surface area contributed by atoms with Crippen molar-refractivity contribution in [3.63, 3.8) is 0 Å². The zero-order chi connectivity index (χ0) is 27.4. The fraction of sp³-hybridized carbons (Fsp3) is 0.567. The van der Waals surface area contributed by atoms with E-state index < -0.39 is 17.4 Å². The molecule has 8 heteroatoms. The highest BCUT2D eigenvalue weighted by molar-refractivity contribution is 6.08. The van der Waals surface area contributed by atoms with Gasteiger partial charge in [0.1, 0.15) is 11.9 Å². The van der Waals surface area contributed by atoms with Crippen LogP contribution in [0, 0.1) is 17.7 Å². The van der Waals surface area contributed by atoms with E-state index in [9.17, 15) is 9.90 Å². The molecule has 2 aliphatic rings. The van der Waals surface area contributed by atoms with E-state index in [-0.39, 0.29) is 6.10 Å². The van der Waals surface area contributed by atoms with Crippen LogP contribution in [-0.2, 0) is 22.4 Å². The molecule has 8 nitrogen and oxygen atoms in total. The van der Waals surface area contributed by atoms with E-state index in [0.717, 1.165) is 55.7 Å². The smallest absolute Gasteiger partial charge is 0.325 e. The maximum absolute atomic E-state index is 12.4. The van der Waals surface area contributed by atoms with E-state index in [1.165, 1.54) is 12.0 Å². The summed E-state index contributed by atoms with van der Waals surface area (Å²) >= 11 is 0. The minimum Gasteiger partial charge on any atom is -0.480 e. The number of anilines is 2. The van der Waals surface area contributed by atoms with Gasteiger partial charge in [-0.05, 0) is 67.9 Å². The molecule has 3 heterocycles. The van der Waals surface area contributed by atoms with E-state index in [0.29, 0.717) is 42.2 Å². The summed E-state index contributed by atoms with van der Waals surface area (Å²) in [5, 5.41) is 22.3. The first kappa shape index (κ1) is 28.0. The highest BCUT2D eigenvalue weighted by atomic mass is 16.5. The Morgan fingerprint density at radius 3 is 2.74 bits per heavy atom. The number of hydrogen-bond acceptors (Lipinski definition) is 7. The van der Waals surface area contributed by atoms with E-state index in [4.69, 9.17) is 20.9 Å². The summed E-state index contributed by atoms with van der Waals surface area (Å²) in [6.45, 7) is 10.5. The predicted molar refractivity (Wildman–Crippen MR) is 152 cm³/mol. The average Bonchev–Trinajstić information content (AvgIpc) is 2.82. The van der Waals surface area contributed by atoms with Crippen molar-refractivity contribution in [1.82, 2.24) is 9.88 Å². The SMILES string of the molecule is Cc1cc(N)c(C(=N)C(C)(C)C)c(C(C(=O)O)N2CC(OCCCCCc3ccc4c(n3)NCCC4)C2)c1. The van der Waals surface area contributed by atoms with Gasteiger partial charge in [0.05, 0.1) is 6.10 Å². The lowest BCUT2D eigenvalue weighted by atomic mass is 9.80. The molecule has 1 atom stereocenters. The molecule has 2 aromatic rings. The number of nitrogen functional groups attached to an aromatic ring is 1. The molecule has 1 fully saturated rings. The van der Waals surface area contributed by atoms with Gasteiger partial charge in [-0.3, -0.25) is 9.69 Å². The van der Waals surface area contributed by atoms with E-state index in [2.05, 4.69) is 17.4 Å². The standard InChI is InChI=1S/C30H43N5O3/c1-19-15-23(25(24(31)16-19)27(32)30(2,3)4)26(29(36)37)35-17-22(18-35)38-14-7-5-6-10-21-12-11-20-9-8-13-33-28(20)34-21/h11-12,15-16,22,26,32H,5-10,13-14,17-18,31H2,1-4H3,(H,33,34)(H,36,37). The van der Waals surface area contributed by atoms with Gasteiger partial charge >= 0.3 is 5.97 Å². The number of pyridine rings is 1. The Labute approximate surface area is 226 Å². The molecule has 1 unspecified atom stereocenters. The Morgan fingerprint density at radius 2 is 2.03 bits per heavy atom. The number of carbonyl (C=O) groups is 1. The minimum atomic E-state index is -0.928. The number of hydrogen-bond donors (Lipinski definition) is 4. The maximum atomic E-state index is 12.4. The van der Waals surface area contributed by atoms with Crippen molar-refractivity contribution >= 4 is 23.2 Å². The molecule has 0 spiro atoms. The van der Waals surface area contributed by atoms with Crippen LogP contribution in [0.3, 0.4) is 0 Å². The Morgan fingerprint density at radius 1 is 1.26 bits per heavy atom. The lowest BCUT2D eigenvalue weighted by molar-refractivity contribution is -0.150. The first-order valence-corrected chi connectivity index (χ1v) is 13.8. The zero-order valence-corrected chi connectivity index (χ0v) is 23.3. The van der Waals surface area contributed by atoms with Crippen LogP contribution in [-0.4, -0.2) is 59.0 Å². The highest BCUT2D eigenvalue weighted by Crippen LogP contribution is 2.36. The molecule has 0 bridgehead atoms. The van der Waals surface area contributed by atoms with Crippen LogP contribution < -0.4 is 11.1 Å². The van der Waals surface area contributed by atoms with Crippen molar-refractivity contribution in [2.45, 2.75) is 78.4 Å². The predicted octanol–water partition coefficient (Wildman–Crippen LogP) is 4.98. The second kappa shape index (κ2) is 11.8. The van der Waals surface area contributed by atoms with Crippen LogP contribution in [0.5, 0.6) is 0 Å². The van der Waals surface area contributed by atoms with Gasteiger partial charge in [0.25, 0.3) is 0 Å². The van der Waals surface area contributed by atoms with Gasteiger partial charge < -0.3 is 26.3 Å². The molecule has 0 aliphatic carbocycles. The second-order valence-corrected chi connectivity index (χ2v) is 11.8. The molecule has 38 heavy (non-hydrogen) atoms. The van der Waals surface area contributed by atoms with Gasteiger partial charge in [-0.15, -0.1) is 0 Å². The number of nitrogens with two attached hydrogens (primary N) is 1. The number of aryl methyl sites for hydroxylation is 3. The Balaban J connectivity index is 1.26. The van der Waals surface area contributed by atoms with Crippen LogP contribution in [0.4, 0.5) is 11.5 Å². The largest absolute Gasteiger partial charge is 0.480 e. The molecule has 0 amide bonds. The molecule has 1 aromatic heterocycles. The van der Waals surface area contributed by atoms with Crippen LogP contribution in [0.2, 0.25) is 0 Å². The third-order valence-electron chi connectivity index (χ3n) is 7.50. The molecule has 5 N–H and O–H groups in total. The zero-order valence-electron chi connectivity index (χ0n) is 23.3. The number of nitrogens with zero attached hydrogens (tertiary/aromatic N) is 2. The summed E-state index contributed by atoms with van der Waals surface area (Å²) < 4.78 is 6.05. The van der Waals surface area contributed by atoms with E-state index >= 15 is 0 Å². The summed E-state index contributed by atoms with van der Waals surface area (Å²) in [4.78, 5) is 19.1. The van der Waals surface area contributed by atoms with Gasteiger partial charge in [0.15, 0.2) is 0 Å². The number of unbranched alkanes of at least 4 members (excludes halogenated alkanes) is 2. The number of aromatic nitrogens is 1. The normalized spacial score (nSPS) is 16.8. The van der Waals surface area contributed by atoms with Crippen molar-refractivity contribution in [2.75, 3.05) is 37.3 Å². The van der Waals surface area contributed by atoms with Crippen molar-refractivity contribution in [3.05, 3.63) is 52.2 Å². The van der Waals surface area contributed by atoms with E-state index in [1.807, 2.05) is 44.7 Å². The number of fused-ring (bicyclic) bond motifs is 1. The molecule has 0 saturated carbocycles. The number of carboxylic acid groups (broad SMARTS) is 1. The molecular weight excluding hydrogens is 478 g/mol. The highest BCUT2D eigenvalue weighted by Gasteiger charge is 2.40. The van der Waals surface area contributed by atoms with Gasteiger partial charge in [-0.1, -0.05) is 39.3 Å². The summed E-state index contributed by atoms with van der Waals surface area (Å²) in [7, 11) is 0. The van der Waals surface area contributed by atoms with Crippen molar-refractivity contribution in [1.29, 1.82) is 5.41 Å². The number of ether oxygens (including phenoxy) is 1. The molecule has 0 radical (unpaired) electrons. The number of rotatable bonds is 11. The van der Waals surface area contributed by atoms with Crippen LogP contribution in [0.25, 0.3) is 0 Å². The number of aliphatic carboxylic acids is 1. The number of benzene rings is 1. The molecule has 2 aliphatic heterocycles. The third-order valence-corrected chi connectivity index (χ3v) is 7.50. The summed E-state index contributed by atoms with van der Waals surface area (Å²) in [6.07, 6.45) is 6.40.